The van der Waals surface area contributed by atoms with Crippen molar-refractivity contribution in [3.8, 4) is 0 Å². The highest BCUT2D eigenvalue weighted by Gasteiger charge is 1.95. The van der Waals surface area contributed by atoms with Crippen LogP contribution in [0.1, 0.15) is 0 Å². The molecule has 0 saturated heterocycles. The van der Waals surface area contributed by atoms with Gasteiger partial charge in [0.15, 0.2) is 6.29 Å². The van der Waals surface area contributed by atoms with Crippen molar-refractivity contribution in [3.63, 3.8) is 0 Å². The summed E-state index contributed by atoms with van der Waals surface area (Å²) in [4.78, 5) is 1.70. The van der Waals surface area contributed by atoms with Crippen molar-refractivity contribution >= 4 is 8.41 Å². The van der Waals surface area contributed by atoms with E-state index in [9.17, 15) is 0 Å². The number of rotatable bonds is 2. The van der Waals surface area contributed by atoms with Gasteiger partial charge in [-0.1, -0.05) is 0 Å². The first kappa shape index (κ1) is 10.8. The average molecular weight is 119 g/mol. The summed E-state index contributed by atoms with van der Waals surface area (Å²) in [7, 11) is 3.55. The van der Waals surface area contributed by atoms with Crippen LogP contribution in [-0.4, -0.2) is 50.5 Å². The molecule has 0 spiro atoms. The van der Waals surface area contributed by atoms with Crippen LogP contribution in [0.25, 0.3) is 0 Å². The van der Waals surface area contributed by atoms with Gasteiger partial charge in [-0.25, -0.2) is 0 Å². The SMILES string of the molecule is B.CN(C)CC(O)O. The molecule has 0 aromatic rings. The maximum atomic E-state index is 8.24. The van der Waals surface area contributed by atoms with Gasteiger partial charge < -0.3 is 15.1 Å². The minimum absolute atomic E-state index is 0. The Hall–Kier alpha value is -0.0551. The van der Waals surface area contributed by atoms with Gasteiger partial charge in [0.25, 0.3) is 0 Å². The lowest BCUT2D eigenvalue weighted by Crippen LogP contribution is -2.24. The lowest BCUT2D eigenvalue weighted by atomic mass is 10.6. The van der Waals surface area contributed by atoms with E-state index >= 15 is 0 Å². The smallest absolute Gasteiger partial charge is 0.164 e. The van der Waals surface area contributed by atoms with Crippen molar-refractivity contribution in [2.75, 3.05) is 20.6 Å². The predicted octanol–water partition coefficient (Wildman–Crippen LogP) is -2.33. The quantitative estimate of drug-likeness (QED) is 0.316. The van der Waals surface area contributed by atoms with E-state index in [1.807, 2.05) is 0 Å². The molecule has 0 aliphatic heterocycles. The largest absolute Gasteiger partial charge is 0.367 e. The van der Waals surface area contributed by atoms with E-state index in [0.717, 1.165) is 0 Å². The normalized spacial score (nSPS) is 9.75. The lowest BCUT2D eigenvalue weighted by Gasteiger charge is -2.09. The topological polar surface area (TPSA) is 43.7 Å². The van der Waals surface area contributed by atoms with E-state index in [1.54, 1.807) is 19.0 Å². The van der Waals surface area contributed by atoms with Crippen molar-refractivity contribution in [2.45, 2.75) is 6.29 Å². The number of aliphatic hydroxyl groups excluding tert-OH is 1. The van der Waals surface area contributed by atoms with Crippen LogP contribution in [0.5, 0.6) is 0 Å². The molecule has 50 valence electrons. The molecule has 0 bridgehead atoms. The molecule has 0 unspecified atom stereocenters. The zero-order valence-corrected chi connectivity index (χ0v) is 4.63. The molecule has 0 saturated carbocycles. The van der Waals surface area contributed by atoms with Gasteiger partial charge in [-0.05, 0) is 14.1 Å². The molecule has 0 radical (unpaired) electrons. The van der Waals surface area contributed by atoms with E-state index < -0.39 is 6.29 Å². The highest BCUT2D eigenvalue weighted by atomic mass is 16.5. The summed E-state index contributed by atoms with van der Waals surface area (Å²) in [5.41, 5.74) is 0. The van der Waals surface area contributed by atoms with Crippen molar-refractivity contribution < 1.29 is 10.2 Å². The number of aliphatic hydroxyl groups is 2. The van der Waals surface area contributed by atoms with Gasteiger partial charge in [0.2, 0.25) is 0 Å². The second-order valence-corrected chi connectivity index (χ2v) is 1.74. The third-order valence-electron chi connectivity index (χ3n) is 0.528. The number of likely N-dealkylation sites (N-methyl/N-ethyl adjacent to an activating group) is 1. The van der Waals surface area contributed by atoms with Gasteiger partial charge in [-0.3, -0.25) is 0 Å². The van der Waals surface area contributed by atoms with Gasteiger partial charge >= 0.3 is 0 Å². The van der Waals surface area contributed by atoms with E-state index in [2.05, 4.69) is 0 Å². The molecule has 3 nitrogen and oxygen atoms in total. The summed E-state index contributed by atoms with van der Waals surface area (Å²) in [5.74, 6) is 0. The number of hydrogen-bond donors (Lipinski definition) is 2. The van der Waals surface area contributed by atoms with Gasteiger partial charge in [-0.2, -0.15) is 0 Å². The van der Waals surface area contributed by atoms with E-state index in [-0.39, 0.29) is 8.41 Å². The molecule has 0 atom stereocenters. The molecule has 0 aliphatic carbocycles. The zero-order chi connectivity index (χ0) is 5.86. The fourth-order valence-electron chi connectivity index (χ4n) is 0.327. The molecular weight excluding hydrogens is 105 g/mol. The van der Waals surface area contributed by atoms with Crippen LogP contribution < -0.4 is 0 Å². The molecule has 0 heterocycles. The van der Waals surface area contributed by atoms with Gasteiger partial charge in [-0.15, -0.1) is 0 Å². The standard InChI is InChI=1S/C4H11NO2.BH3/c1-5(2)3-4(6)7;/h4,6-7H,3H2,1-2H3;1H3. The van der Waals surface area contributed by atoms with Crippen LogP contribution in [-0.2, 0) is 0 Å². The Bertz CT molecular complexity index is 43.3. The maximum Gasteiger partial charge on any atom is 0.164 e. The van der Waals surface area contributed by atoms with Crippen LogP contribution in [0.15, 0.2) is 0 Å². The van der Waals surface area contributed by atoms with Crippen LogP contribution in [0.2, 0.25) is 0 Å². The molecule has 0 amide bonds. The summed E-state index contributed by atoms with van der Waals surface area (Å²) in [6, 6.07) is 0. The first-order valence-corrected chi connectivity index (χ1v) is 2.14. The minimum Gasteiger partial charge on any atom is -0.367 e. The van der Waals surface area contributed by atoms with Crippen molar-refractivity contribution in [3.05, 3.63) is 0 Å². The number of nitrogens with zero attached hydrogens (tertiary/aromatic N) is 1. The Kier molecular flexibility index (Phi) is 6.90. The van der Waals surface area contributed by atoms with Crippen molar-refractivity contribution in [2.24, 2.45) is 0 Å². The zero-order valence-electron chi connectivity index (χ0n) is 4.63. The Morgan fingerprint density at radius 3 is 1.75 bits per heavy atom. The lowest BCUT2D eigenvalue weighted by molar-refractivity contribution is -0.0537. The molecular formula is C4H14BNO2. The Balaban J connectivity index is 0. The first-order chi connectivity index (χ1) is 3.13. The maximum absolute atomic E-state index is 8.24. The van der Waals surface area contributed by atoms with E-state index in [4.69, 9.17) is 10.2 Å². The first-order valence-electron chi connectivity index (χ1n) is 2.14. The molecule has 0 aromatic carbocycles. The highest BCUT2D eigenvalue weighted by Crippen LogP contribution is 1.76. The summed E-state index contributed by atoms with van der Waals surface area (Å²) in [6.45, 7) is 0.306. The Morgan fingerprint density at radius 1 is 1.38 bits per heavy atom. The van der Waals surface area contributed by atoms with Crippen LogP contribution >= 0.6 is 0 Å². The second kappa shape index (κ2) is 5.09. The average Bonchev–Trinajstić information content (AvgIpc) is 1.27. The van der Waals surface area contributed by atoms with Crippen LogP contribution in [0, 0.1) is 0 Å². The fraction of sp³-hybridized carbons (Fsp3) is 1.00. The number of hydrogen-bond acceptors (Lipinski definition) is 3. The fourth-order valence-corrected chi connectivity index (χ4v) is 0.327. The molecule has 0 rings (SSSR count). The molecule has 0 fully saturated rings. The molecule has 4 heteroatoms. The molecule has 2 N–H and O–H groups in total. The highest BCUT2D eigenvalue weighted by molar-refractivity contribution is 5.75. The predicted molar refractivity (Wildman–Crippen MR) is 36.7 cm³/mol. The molecule has 0 aromatic heterocycles. The van der Waals surface area contributed by atoms with Gasteiger partial charge in [0, 0.05) is 6.54 Å². The Morgan fingerprint density at radius 2 is 1.75 bits per heavy atom. The molecule has 8 heavy (non-hydrogen) atoms. The van der Waals surface area contributed by atoms with Crippen LogP contribution in [0.3, 0.4) is 0 Å². The third kappa shape index (κ3) is 9.34. The minimum atomic E-state index is -1.20. The van der Waals surface area contributed by atoms with E-state index in [0.29, 0.717) is 6.54 Å². The summed E-state index contributed by atoms with van der Waals surface area (Å²) < 4.78 is 0. The summed E-state index contributed by atoms with van der Waals surface area (Å²) in [5, 5.41) is 16.5. The molecule has 0 aliphatic rings. The monoisotopic (exact) mass is 119 g/mol. The third-order valence-corrected chi connectivity index (χ3v) is 0.528. The van der Waals surface area contributed by atoms with E-state index in [1.165, 1.54) is 0 Å². The van der Waals surface area contributed by atoms with Crippen molar-refractivity contribution in [1.29, 1.82) is 0 Å². The Labute approximate surface area is 51.5 Å². The second-order valence-electron chi connectivity index (χ2n) is 1.74. The summed E-state index contributed by atoms with van der Waals surface area (Å²) >= 11 is 0. The van der Waals surface area contributed by atoms with Crippen LogP contribution in [0.4, 0.5) is 0 Å². The van der Waals surface area contributed by atoms with Gasteiger partial charge in [0.1, 0.15) is 0 Å². The summed E-state index contributed by atoms with van der Waals surface area (Å²) in [6.07, 6.45) is -1.20. The van der Waals surface area contributed by atoms with Gasteiger partial charge in [0.05, 0.1) is 8.41 Å². The van der Waals surface area contributed by atoms with Crippen molar-refractivity contribution in [1.82, 2.24) is 4.90 Å².